The van der Waals surface area contributed by atoms with Crippen molar-refractivity contribution < 1.29 is 4.39 Å². The molecule has 3 nitrogen and oxygen atoms in total. The molecule has 2 rings (SSSR count). The summed E-state index contributed by atoms with van der Waals surface area (Å²) in [7, 11) is 1.81. The average molecular weight is 245 g/mol. The quantitative estimate of drug-likeness (QED) is 0.882. The molecule has 1 N–H and O–H groups in total. The number of nitrogens with one attached hydrogen (secondary N) is 1. The van der Waals surface area contributed by atoms with Crippen molar-refractivity contribution >= 4 is 5.82 Å². The zero-order valence-corrected chi connectivity index (χ0v) is 11.0. The molecule has 0 aliphatic rings. The Hall–Kier alpha value is -1.97. The molecule has 0 bridgehead atoms. The fourth-order valence-corrected chi connectivity index (χ4v) is 1.86. The summed E-state index contributed by atoms with van der Waals surface area (Å²) < 4.78 is 13.1. The molecule has 1 aromatic heterocycles. The molecule has 18 heavy (non-hydrogen) atoms. The van der Waals surface area contributed by atoms with Crippen LogP contribution in [-0.4, -0.2) is 17.0 Å². The molecular formula is C14H16FN3. The number of aryl methyl sites for hydroxylation is 3. The van der Waals surface area contributed by atoms with E-state index in [1.165, 1.54) is 12.1 Å². The minimum atomic E-state index is -0.237. The molecule has 0 fully saturated rings. The minimum absolute atomic E-state index is 0.237. The maximum Gasteiger partial charge on any atom is 0.152 e. The number of rotatable bonds is 2. The van der Waals surface area contributed by atoms with Gasteiger partial charge in [-0.15, -0.1) is 0 Å². The third-order valence-electron chi connectivity index (χ3n) is 2.99. The van der Waals surface area contributed by atoms with Crippen molar-refractivity contribution in [2.24, 2.45) is 0 Å². The molecule has 4 heteroatoms. The molecule has 1 heterocycles. The van der Waals surface area contributed by atoms with E-state index in [0.717, 1.165) is 28.2 Å². The fourth-order valence-electron chi connectivity index (χ4n) is 1.86. The first-order chi connectivity index (χ1) is 8.52. The fraction of sp³-hybridized carbons (Fsp3) is 0.286. The van der Waals surface area contributed by atoms with E-state index >= 15 is 0 Å². The van der Waals surface area contributed by atoms with Gasteiger partial charge in [-0.25, -0.2) is 14.4 Å². The molecule has 0 amide bonds. The predicted molar refractivity (Wildman–Crippen MR) is 71.2 cm³/mol. The van der Waals surface area contributed by atoms with Gasteiger partial charge in [0.15, 0.2) is 5.82 Å². The number of aromatic nitrogens is 2. The van der Waals surface area contributed by atoms with Crippen molar-refractivity contribution in [1.82, 2.24) is 9.97 Å². The maximum atomic E-state index is 13.1. The molecule has 94 valence electrons. The lowest BCUT2D eigenvalue weighted by Gasteiger charge is -2.12. The molecule has 0 radical (unpaired) electrons. The Morgan fingerprint density at radius 2 is 1.72 bits per heavy atom. The van der Waals surface area contributed by atoms with Gasteiger partial charge in [-0.2, -0.15) is 0 Å². The van der Waals surface area contributed by atoms with E-state index in [4.69, 9.17) is 0 Å². The summed E-state index contributed by atoms with van der Waals surface area (Å²) in [5.41, 5.74) is 4.29. The predicted octanol–water partition coefficient (Wildman–Crippen LogP) is 3.25. The summed E-state index contributed by atoms with van der Waals surface area (Å²) in [6.07, 6.45) is 0. The second kappa shape index (κ2) is 4.72. The van der Waals surface area contributed by atoms with Gasteiger partial charge in [-0.05, 0) is 44.5 Å². The van der Waals surface area contributed by atoms with Gasteiger partial charge >= 0.3 is 0 Å². The first-order valence-electron chi connectivity index (χ1n) is 5.82. The maximum absolute atomic E-state index is 13.1. The van der Waals surface area contributed by atoms with Crippen LogP contribution in [0.4, 0.5) is 10.2 Å². The Balaban J connectivity index is 2.66. The smallest absolute Gasteiger partial charge is 0.152 e. The minimum Gasteiger partial charge on any atom is -0.371 e. The van der Waals surface area contributed by atoms with Gasteiger partial charge in [-0.3, -0.25) is 0 Å². The lowest BCUT2D eigenvalue weighted by atomic mass is 10.0. The molecule has 0 saturated carbocycles. The Kier molecular flexibility index (Phi) is 3.28. The van der Waals surface area contributed by atoms with Crippen LogP contribution in [-0.2, 0) is 0 Å². The second-order valence-electron chi connectivity index (χ2n) is 4.30. The van der Waals surface area contributed by atoms with E-state index in [-0.39, 0.29) is 5.82 Å². The molecule has 0 atom stereocenters. The lowest BCUT2D eigenvalue weighted by molar-refractivity contribution is 0.627. The summed E-state index contributed by atoms with van der Waals surface area (Å²) in [5, 5.41) is 3.04. The van der Waals surface area contributed by atoms with Crippen LogP contribution in [0.5, 0.6) is 0 Å². The summed E-state index contributed by atoms with van der Waals surface area (Å²) in [4.78, 5) is 9.02. The van der Waals surface area contributed by atoms with Crippen molar-refractivity contribution in [1.29, 1.82) is 0 Å². The zero-order valence-electron chi connectivity index (χ0n) is 11.0. The lowest BCUT2D eigenvalue weighted by Crippen LogP contribution is -2.03. The molecule has 0 saturated heterocycles. The standard InChI is InChI=1S/C14H16FN3/c1-8-7-11(15)5-6-12(8)13-14(16-4)18-10(3)9(2)17-13/h5-7H,1-4H3,(H,16,18). The van der Waals surface area contributed by atoms with Crippen molar-refractivity contribution in [3.8, 4) is 11.3 Å². The average Bonchev–Trinajstić information content (AvgIpc) is 2.32. The SMILES string of the molecule is CNc1nc(C)c(C)nc1-c1ccc(F)cc1C. The summed E-state index contributed by atoms with van der Waals surface area (Å²) in [6, 6.07) is 4.69. The first kappa shape index (κ1) is 12.5. The monoisotopic (exact) mass is 245 g/mol. The molecule has 0 unspecified atom stereocenters. The van der Waals surface area contributed by atoms with E-state index in [1.54, 1.807) is 13.1 Å². The Morgan fingerprint density at radius 3 is 2.33 bits per heavy atom. The largest absolute Gasteiger partial charge is 0.371 e. The van der Waals surface area contributed by atoms with Crippen molar-refractivity contribution in [2.45, 2.75) is 20.8 Å². The van der Waals surface area contributed by atoms with Gasteiger partial charge in [-0.1, -0.05) is 0 Å². The van der Waals surface area contributed by atoms with Crippen molar-refractivity contribution in [3.05, 3.63) is 41.0 Å². The number of hydrogen-bond donors (Lipinski definition) is 1. The van der Waals surface area contributed by atoms with Gasteiger partial charge in [0.2, 0.25) is 0 Å². The molecular weight excluding hydrogens is 229 g/mol. The summed E-state index contributed by atoms with van der Waals surface area (Å²) >= 11 is 0. The highest BCUT2D eigenvalue weighted by molar-refractivity contribution is 5.74. The van der Waals surface area contributed by atoms with Crippen LogP contribution < -0.4 is 5.32 Å². The third kappa shape index (κ3) is 2.18. The number of benzene rings is 1. The number of anilines is 1. The van der Waals surface area contributed by atoms with E-state index in [2.05, 4.69) is 15.3 Å². The Labute approximate surface area is 106 Å². The van der Waals surface area contributed by atoms with Crippen LogP contribution in [0.2, 0.25) is 0 Å². The van der Waals surface area contributed by atoms with Crippen molar-refractivity contribution in [3.63, 3.8) is 0 Å². The van der Waals surface area contributed by atoms with Crippen LogP contribution >= 0.6 is 0 Å². The van der Waals surface area contributed by atoms with Gasteiger partial charge in [0.1, 0.15) is 11.5 Å². The van der Waals surface area contributed by atoms with E-state index in [9.17, 15) is 4.39 Å². The summed E-state index contributed by atoms with van der Waals surface area (Å²) in [6.45, 7) is 5.71. The van der Waals surface area contributed by atoms with Crippen LogP contribution in [0.15, 0.2) is 18.2 Å². The van der Waals surface area contributed by atoms with Crippen LogP contribution in [0.1, 0.15) is 17.0 Å². The molecule has 1 aromatic carbocycles. The second-order valence-corrected chi connectivity index (χ2v) is 4.30. The number of halogens is 1. The van der Waals surface area contributed by atoms with Crippen LogP contribution in [0, 0.1) is 26.6 Å². The highest BCUT2D eigenvalue weighted by Gasteiger charge is 2.12. The Bertz CT molecular complexity index is 594. The molecule has 0 aliphatic carbocycles. The van der Waals surface area contributed by atoms with Gasteiger partial charge < -0.3 is 5.32 Å². The first-order valence-corrected chi connectivity index (χ1v) is 5.82. The van der Waals surface area contributed by atoms with E-state index in [0.29, 0.717) is 5.82 Å². The van der Waals surface area contributed by atoms with Gasteiger partial charge in [0, 0.05) is 12.6 Å². The molecule has 2 aromatic rings. The van der Waals surface area contributed by atoms with E-state index < -0.39 is 0 Å². The highest BCUT2D eigenvalue weighted by atomic mass is 19.1. The normalized spacial score (nSPS) is 10.5. The summed E-state index contributed by atoms with van der Waals surface area (Å²) in [5.74, 6) is 0.479. The highest BCUT2D eigenvalue weighted by Crippen LogP contribution is 2.28. The zero-order chi connectivity index (χ0) is 13.3. The number of nitrogens with zero attached hydrogens (tertiary/aromatic N) is 2. The van der Waals surface area contributed by atoms with E-state index in [1.807, 2.05) is 20.8 Å². The van der Waals surface area contributed by atoms with Crippen LogP contribution in [0.3, 0.4) is 0 Å². The molecule has 0 aliphatic heterocycles. The number of hydrogen-bond acceptors (Lipinski definition) is 3. The third-order valence-corrected chi connectivity index (χ3v) is 2.99. The van der Waals surface area contributed by atoms with Gasteiger partial charge in [0.05, 0.1) is 11.4 Å². The van der Waals surface area contributed by atoms with Crippen LogP contribution in [0.25, 0.3) is 11.3 Å². The van der Waals surface area contributed by atoms with Crippen molar-refractivity contribution in [2.75, 3.05) is 12.4 Å². The topological polar surface area (TPSA) is 37.8 Å². The van der Waals surface area contributed by atoms with Gasteiger partial charge in [0.25, 0.3) is 0 Å². The molecule has 0 spiro atoms. The Morgan fingerprint density at radius 1 is 1.06 bits per heavy atom.